The van der Waals surface area contributed by atoms with Gasteiger partial charge in [-0.15, -0.1) is 0 Å². The van der Waals surface area contributed by atoms with E-state index in [9.17, 15) is 5.11 Å². The molecular formula is C17H27NO. The fraction of sp³-hybridized carbons (Fsp3) is 0.647. The summed E-state index contributed by atoms with van der Waals surface area (Å²) in [4.78, 5) is 0. The van der Waals surface area contributed by atoms with E-state index in [1.807, 2.05) is 0 Å². The maximum absolute atomic E-state index is 9.49. The summed E-state index contributed by atoms with van der Waals surface area (Å²) in [5, 5.41) is 13.1. The Hall–Kier alpha value is -0.860. The van der Waals surface area contributed by atoms with Crippen LogP contribution in [0.1, 0.15) is 47.1 Å². The molecule has 106 valence electrons. The van der Waals surface area contributed by atoms with Crippen LogP contribution in [0.5, 0.6) is 0 Å². The Morgan fingerprint density at radius 2 is 1.68 bits per heavy atom. The smallest absolute Gasteiger partial charge is 0.0499 e. The normalized spacial score (nSPS) is 17.3. The molecule has 2 rings (SSSR count). The van der Waals surface area contributed by atoms with Crippen LogP contribution in [-0.4, -0.2) is 18.3 Å². The Morgan fingerprint density at radius 3 is 2.11 bits per heavy atom. The van der Waals surface area contributed by atoms with Gasteiger partial charge >= 0.3 is 0 Å². The molecule has 1 aromatic carbocycles. The summed E-state index contributed by atoms with van der Waals surface area (Å²) in [6, 6.07) is 2.27. The molecule has 0 bridgehead atoms. The Morgan fingerprint density at radius 1 is 1.11 bits per heavy atom. The highest BCUT2D eigenvalue weighted by molar-refractivity contribution is 5.43. The van der Waals surface area contributed by atoms with E-state index in [-0.39, 0.29) is 5.41 Å². The second kappa shape index (κ2) is 5.64. The van der Waals surface area contributed by atoms with Crippen molar-refractivity contribution in [1.29, 1.82) is 0 Å². The predicted octanol–water partition coefficient (Wildman–Crippen LogP) is 3.17. The summed E-state index contributed by atoms with van der Waals surface area (Å²) in [7, 11) is 0. The average molecular weight is 261 g/mol. The van der Waals surface area contributed by atoms with Crippen LogP contribution < -0.4 is 5.32 Å². The summed E-state index contributed by atoms with van der Waals surface area (Å²) < 4.78 is 0. The van der Waals surface area contributed by atoms with Crippen molar-refractivity contribution in [3.05, 3.63) is 33.9 Å². The summed E-state index contributed by atoms with van der Waals surface area (Å²) in [6.07, 6.45) is 3.60. The minimum Gasteiger partial charge on any atom is -0.396 e. The first-order valence-electron chi connectivity index (χ1n) is 7.37. The molecule has 1 aliphatic carbocycles. The molecular weight excluding hydrogens is 234 g/mol. The van der Waals surface area contributed by atoms with Gasteiger partial charge in [0.25, 0.3) is 0 Å². The number of benzene rings is 1. The molecule has 0 saturated heterocycles. The van der Waals surface area contributed by atoms with Crippen molar-refractivity contribution < 1.29 is 5.11 Å². The number of aliphatic hydroxyl groups is 1. The Labute approximate surface area is 117 Å². The van der Waals surface area contributed by atoms with Crippen molar-refractivity contribution in [2.24, 2.45) is 5.41 Å². The first kappa shape index (κ1) is 14.5. The number of hydrogen-bond acceptors (Lipinski definition) is 2. The predicted molar refractivity (Wildman–Crippen MR) is 80.5 cm³/mol. The second-order valence-electron chi connectivity index (χ2n) is 6.35. The van der Waals surface area contributed by atoms with E-state index in [2.05, 4.69) is 39.1 Å². The lowest BCUT2D eigenvalue weighted by molar-refractivity contribution is 0.0445. The van der Waals surface area contributed by atoms with Gasteiger partial charge < -0.3 is 10.4 Å². The molecule has 0 aromatic heterocycles. The third-order valence-electron chi connectivity index (χ3n) is 5.07. The van der Waals surface area contributed by atoms with Gasteiger partial charge in [0.15, 0.2) is 0 Å². The van der Waals surface area contributed by atoms with Crippen LogP contribution in [-0.2, 0) is 6.54 Å². The van der Waals surface area contributed by atoms with Crippen molar-refractivity contribution in [2.75, 3.05) is 13.2 Å². The van der Waals surface area contributed by atoms with E-state index in [1.54, 1.807) is 0 Å². The number of aliphatic hydroxyl groups excluding tert-OH is 1. The molecule has 0 atom stereocenters. The third-order valence-corrected chi connectivity index (χ3v) is 5.07. The summed E-state index contributed by atoms with van der Waals surface area (Å²) in [5.74, 6) is 0. The van der Waals surface area contributed by atoms with E-state index in [4.69, 9.17) is 0 Å². The topological polar surface area (TPSA) is 32.3 Å². The van der Waals surface area contributed by atoms with Crippen LogP contribution in [0.4, 0.5) is 0 Å². The number of aryl methyl sites for hydroxylation is 2. The minimum atomic E-state index is 0.167. The maximum atomic E-state index is 9.49. The van der Waals surface area contributed by atoms with E-state index in [0.717, 1.165) is 13.1 Å². The highest BCUT2D eigenvalue weighted by Gasteiger charge is 2.35. The summed E-state index contributed by atoms with van der Waals surface area (Å²) in [5.41, 5.74) is 7.16. The SMILES string of the molecule is Cc1cc(C)c(C)c(CNCC2(CO)CCC2)c1C. The largest absolute Gasteiger partial charge is 0.396 e. The van der Waals surface area contributed by atoms with E-state index < -0.39 is 0 Å². The van der Waals surface area contributed by atoms with Gasteiger partial charge in [-0.05, 0) is 68.4 Å². The molecule has 0 unspecified atom stereocenters. The lowest BCUT2D eigenvalue weighted by Gasteiger charge is -2.40. The number of hydrogen-bond donors (Lipinski definition) is 2. The van der Waals surface area contributed by atoms with Crippen LogP contribution in [0, 0.1) is 33.1 Å². The molecule has 1 aromatic rings. The molecule has 0 aliphatic heterocycles. The van der Waals surface area contributed by atoms with Crippen molar-refractivity contribution in [1.82, 2.24) is 5.32 Å². The van der Waals surface area contributed by atoms with Crippen LogP contribution >= 0.6 is 0 Å². The Bertz CT molecular complexity index is 429. The quantitative estimate of drug-likeness (QED) is 0.853. The molecule has 19 heavy (non-hydrogen) atoms. The monoisotopic (exact) mass is 261 g/mol. The van der Waals surface area contributed by atoms with Crippen LogP contribution in [0.15, 0.2) is 6.07 Å². The zero-order chi connectivity index (χ0) is 14.0. The Kier molecular flexibility index (Phi) is 4.32. The van der Waals surface area contributed by atoms with Gasteiger partial charge in [-0.2, -0.15) is 0 Å². The van der Waals surface area contributed by atoms with Gasteiger partial charge in [-0.25, -0.2) is 0 Å². The highest BCUT2D eigenvalue weighted by Crippen LogP contribution is 2.39. The molecule has 2 nitrogen and oxygen atoms in total. The molecule has 1 fully saturated rings. The summed E-state index contributed by atoms with van der Waals surface area (Å²) >= 11 is 0. The summed E-state index contributed by atoms with van der Waals surface area (Å²) in [6.45, 7) is 11.0. The molecule has 1 aliphatic rings. The van der Waals surface area contributed by atoms with Gasteiger partial charge in [-0.1, -0.05) is 12.5 Å². The molecule has 2 heteroatoms. The molecule has 0 spiro atoms. The maximum Gasteiger partial charge on any atom is 0.0499 e. The molecule has 1 saturated carbocycles. The van der Waals surface area contributed by atoms with Gasteiger partial charge in [-0.3, -0.25) is 0 Å². The van der Waals surface area contributed by atoms with Crippen LogP contribution in [0.2, 0.25) is 0 Å². The average Bonchev–Trinajstić information content (AvgIpc) is 2.34. The van der Waals surface area contributed by atoms with E-state index in [0.29, 0.717) is 6.61 Å². The fourth-order valence-corrected chi connectivity index (χ4v) is 3.08. The minimum absolute atomic E-state index is 0.167. The molecule has 0 radical (unpaired) electrons. The fourth-order valence-electron chi connectivity index (χ4n) is 3.08. The second-order valence-corrected chi connectivity index (χ2v) is 6.35. The van der Waals surface area contributed by atoms with Gasteiger partial charge in [0, 0.05) is 25.1 Å². The van der Waals surface area contributed by atoms with Crippen molar-refractivity contribution >= 4 is 0 Å². The zero-order valence-corrected chi connectivity index (χ0v) is 12.8. The zero-order valence-electron chi connectivity index (χ0n) is 12.8. The number of nitrogens with one attached hydrogen (secondary N) is 1. The van der Waals surface area contributed by atoms with Crippen molar-refractivity contribution in [3.8, 4) is 0 Å². The number of rotatable bonds is 5. The van der Waals surface area contributed by atoms with Crippen molar-refractivity contribution in [2.45, 2.75) is 53.5 Å². The molecule has 0 heterocycles. The molecule has 0 amide bonds. The lowest BCUT2D eigenvalue weighted by atomic mass is 9.69. The molecule has 2 N–H and O–H groups in total. The Balaban J connectivity index is 2.03. The van der Waals surface area contributed by atoms with E-state index >= 15 is 0 Å². The third kappa shape index (κ3) is 2.85. The van der Waals surface area contributed by atoms with E-state index in [1.165, 1.54) is 47.1 Å². The first-order valence-corrected chi connectivity index (χ1v) is 7.37. The van der Waals surface area contributed by atoms with Crippen molar-refractivity contribution in [3.63, 3.8) is 0 Å². The lowest BCUT2D eigenvalue weighted by Crippen LogP contribution is -2.42. The highest BCUT2D eigenvalue weighted by atomic mass is 16.3. The van der Waals surface area contributed by atoms with Crippen LogP contribution in [0.25, 0.3) is 0 Å². The van der Waals surface area contributed by atoms with Gasteiger partial charge in [0.05, 0.1) is 0 Å². The van der Waals surface area contributed by atoms with Crippen LogP contribution in [0.3, 0.4) is 0 Å². The van der Waals surface area contributed by atoms with Gasteiger partial charge in [0.2, 0.25) is 0 Å². The first-order chi connectivity index (χ1) is 8.99. The standard InChI is InChI=1S/C17H27NO/c1-12-8-13(2)15(4)16(14(12)3)9-18-10-17(11-19)6-5-7-17/h8,18-19H,5-7,9-11H2,1-4H3. The van der Waals surface area contributed by atoms with Gasteiger partial charge in [0.1, 0.15) is 0 Å².